The third-order valence-corrected chi connectivity index (χ3v) is 5.83. The molecule has 0 radical (unpaired) electrons. The summed E-state index contributed by atoms with van der Waals surface area (Å²) in [5.41, 5.74) is 2.86. The molecule has 0 aliphatic heterocycles. The van der Waals surface area contributed by atoms with Crippen molar-refractivity contribution in [1.29, 1.82) is 0 Å². The predicted octanol–water partition coefficient (Wildman–Crippen LogP) is 5.00. The van der Waals surface area contributed by atoms with Crippen LogP contribution in [-0.2, 0) is 4.79 Å². The number of thiophene rings is 2. The van der Waals surface area contributed by atoms with Crippen molar-refractivity contribution in [3.8, 4) is 11.1 Å². The summed E-state index contributed by atoms with van der Waals surface area (Å²) in [6, 6.07) is 12.6. The number of nitrogens with one attached hydrogen (secondary N) is 2. The average molecular weight is 435 g/mol. The van der Waals surface area contributed by atoms with Crippen LogP contribution in [0.3, 0.4) is 0 Å². The Bertz CT molecular complexity index is 890. The summed E-state index contributed by atoms with van der Waals surface area (Å²) in [5.74, 6) is -0.517. The van der Waals surface area contributed by atoms with Crippen molar-refractivity contribution in [3.05, 3.63) is 61.9 Å². The van der Waals surface area contributed by atoms with Gasteiger partial charge in [0.1, 0.15) is 6.04 Å². The number of halogens is 1. The van der Waals surface area contributed by atoms with Gasteiger partial charge in [0, 0.05) is 5.69 Å². The molecule has 0 aliphatic carbocycles. The molecule has 0 saturated heterocycles. The quantitative estimate of drug-likeness (QED) is 0.593. The Labute approximate surface area is 162 Å². The third-order valence-electron chi connectivity index (χ3n) is 3.52. The van der Waals surface area contributed by atoms with Crippen molar-refractivity contribution in [2.45, 2.75) is 13.0 Å². The molecule has 0 fully saturated rings. The first kappa shape index (κ1) is 17.8. The van der Waals surface area contributed by atoms with Crippen molar-refractivity contribution >= 4 is 56.1 Å². The third kappa shape index (κ3) is 4.56. The highest BCUT2D eigenvalue weighted by molar-refractivity contribution is 9.11. The molecule has 1 atom stereocenters. The number of carbonyl (C=O) groups is 2. The van der Waals surface area contributed by atoms with Crippen LogP contribution in [0.5, 0.6) is 0 Å². The van der Waals surface area contributed by atoms with Crippen LogP contribution < -0.4 is 10.6 Å². The molecule has 2 N–H and O–H groups in total. The van der Waals surface area contributed by atoms with E-state index in [4.69, 9.17) is 0 Å². The van der Waals surface area contributed by atoms with E-state index in [0.717, 1.165) is 14.9 Å². The second-order valence-electron chi connectivity index (χ2n) is 5.38. The van der Waals surface area contributed by atoms with E-state index >= 15 is 0 Å². The van der Waals surface area contributed by atoms with E-state index in [1.165, 1.54) is 11.3 Å². The Kier molecular flexibility index (Phi) is 5.67. The van der Waals surface area contributed by atoms with Gasteiger partial charge in [-0.3, -0.25) is 9.59 Å². The summed E-state index contributed by atoms with van der Waals surface area (Å²) in [5, 5.41) is 9.64. The van der Waals surface area contributed by atoms with E-state index in [-0.39, 0.29) is 11.8 Å². The number of hydrogen-bond donors (Lipinski definition) is 2. The van der Waals surface area contributed by atoms with Crippen LogP contribution >= 0.6 is 38.6 Å². The molecule has 128 valence electrons. The predicted molar refractivity (Wildman–Crippen MR) is 107 cm³/mol. The van der Waals surface area contributed by atoms with Crippen molar-refractivity contribution in [3.63, 3.8) is 0 Å². The summed E-state index contributed by atoms with van der Waals surface area (Å²) in [6.45, 7) is 1.67. The lowest BCUT2D eigenvalue weighted by Crippen LogP contribution is -2.41. The van der Waals surface area contributed by atoms with Gasteiger partial charge in [-0.1, -0.05) is 12.1 Å². The highest BCUT2D eigenvalue weighted by Gasteiger charge is 2.18. The smallest absolute Gasteiger partial charge is 0.262 e. The lowest BCUT2D eigenvalue weighted by molar-refractivity contribution is -0.117. The van der Waals surface area contributed by atoms with Gasteiger partial charge < -0.3 is 10.6 Å². The Morgan fingerprint density at radius 1 is 1.12 bits per heavy atom. The van der Waals surface area contributed by atoms with E-state index in [1.807, 2.05) is 35.7 Å². The first-order valence-electron chi connectivity index (χ1n) is 7.52. The highest BCUT2D eigenvalue weighted by Crippen LogP contribution is 2.25. The van der Waals surface area contributed by atoms with Gasteiger partial charge in [0.15, 0.2) is 0 Å². The molecule has 25 heavy (non-hydrogen) atoms. The van der Waals surface area contributed by atoms with Gasteiger partial charge in [-0.2, -0.15) is 11.3 Å². The fourth-order valence-electron chi connectivity index (χ4n) is 2.23. The van der Waals surface area contributed by atoms with E-state index in [0.29, 0.717) is 10.6 Å². The fourth-order valence-corrected chi connectivity index (χ4v) is 4.18. The number of hydrogen-bond acceptors (Lipinski definition) is 4. The minimum Gasteiger partial charge on any atom is -0.340 e. The molecule has 2 amide bonds. The first-order chi connectivity index (χ1) is 12.0. The maximum absolute atomic E-state index is 12.4. The van der Waals surface area contributed by atoms with Gasteiger partial charge >= 0.3 is 0 Å². The number of amides is 2. The van der Waals surface area contributed by atoms with Gasteiger partial charge in [0.05, 0.1) is 8.66 Å². The maximum Gasteiger partial charge on any atom is 0.262 e. The second kappa shape index (κ2) is 7.95. The molecule has 0 spiro atoms. The molecule has 4 nitrogen and oxygen atoms in total. The van der Waals surface area contributed by atoms with Gasteiger partial charge in [-0.05, 0) is 75.1 Å². The summed E-state index contributed by atoms with van der Waals surface area (Å²) >= 11 is 6.28. The second-order valence-corrected chi connectivity index (χ2v) is 8.62. The zero-order valence-electron chi connectivity index (χ0n) is 13.3. The van der Waals surface area contributed by atoms with Crippen molar-refractivity contribution in [2.24, 2.45) is 0 Å². The van der Waals surface area contributed by atoms with Crippen molar-refractivity contribution < 1.29 is 9.59 Å². The molecule has 0 aliphatic rings. The molecule has 2 aromatic heterocycles. The molecule has 3 aromatic rings. The van der Waals surface area contributed by atoms with Gasteiger partial charge in [-0.15, -0.1) is 11.3 Å². The molecule has 0 bridgehead atoms. The highest BCUT2D eigenvalue weighted by atomic mass is 79.9. The van der Waals surface area contributed by atoms with Crippen molar-refractivity contribution in [2.75, 3.05) is 5.32 Å². The standard InChI is InChI=1S/C18H15BrN2O2S2/c1-11(20-18(23)15-5-6-16(19)25-15)17(22)21-14-4-2-3-12(9-14)13-7-8-24-10-13/h2-11H,1H3,(H,20,23)(H,21,22). The van der Waals surface area contributed by atoms with Gasteiger partial charge in [0.25, 0.3) is 5.91 Å². The van der Waals surface area contributed by atoms with Crippen LogP contribution in [0.25, 0.3) is 11.1 Å². The Morgan fingerprint density at radius 3 is 2.64 bits per heavy atom. The molecular weight excluding hydrogens is 420 g/mol. The average Bonchev–Trinajstić information content (AvgIpc) is 3.26. The van der Waals surface area contributed by atoms with E-state index in [2.05, 4.69) is 31.9 Å². The molecule has 7 heteroatoms. The number of carbonyl (C=O) groups excluding carboxylic acids is 2. The van der Waals surface area contributed by atoms with E-state index < -0.39 is 6.04 Å². The van der Waals surface area contributed by atoms with E-state index in [9.17, 15) is 9.59 Å². The minimum atomic E-state index is -0.641. The summed E-state index contributed by atoms with van der Waals surface area (Å²) in [7, 11) is 0. The monoisotopic (exact) mass is 434 g/mol. The first-order valence-corrected chi connectivity index (χ1v) is 10.1. The summed E-state index contributed by atoms with van der Waals surface area (Å²) in [6.07, 6.45) is 0. The molecule has 0 saturated carbocycles. The van der Waals surface area contributed by atoms with E-state index in [1.54, 1.807) is 30.4 Å². The lowest BCUT2D eigenvalue weighted by Gasteiger charge is -2.14. The van der Waals surface area contributed by atoms with Crippen molar-refractivity contribution in [1.82, 2.24) is 5.32 Å². The lowest BCUT2D eigenvalue weighted by atomic mass is 10.1. The fraction of sp³-hybridized carbons (Fsp3) is 0.111. The maximum atomic E-state index is 12.4. The SMILES string of the molecule is CC(NC(=O)c1ccc(Br)s1)C(=O)Nc1cccc(-c2ccsc2)c1. The molecule has 2 heterocycles. The zero-order chi connectivity index (χ0) is 17.8. The van der Waals surface area contributed by atoms with Gasteiger partial charge in [0.2, 0.25) is 5.91 Å². The number of anilines is 1. The Balaban J connectivity index is 1.63. The largest absolute Gasteiger partial charge is 0.340 e. The molecule has 3 rings (SSSR count). The zero-order valence-corrected chi connectivity index (χ0v) is 16.5. The molecule has 1 aromatic carbocycles. The summed E-state index contributed by atoms with van der Waals surface area (Å²) < 4.78 is 0.875. The van der Waals surface area contributed by atoms with Crippen LogP contribution in [0.15, 0.2) is 57.0 Å². The molecular formula is C18H15BrN2O2S2. The number of benzene rings is 1. The van der Waals surface area contributed by atoms with Crippen LogP contribution in [0.4, 0.5) is 5.69 Å². The minimum absolute atomic E-state index is 0.258. The van der Waals surface area contributed by atoms with Gasteiger partial charge in [-0.25, -0.2) is 0 Å². The van der Waals surface area contributed by atoms with Crippen LogP contribution in [-0.4, -0.2) is 17.9 Å². The van der Waals surface area contributed by atoms with Crippen LogP contribution in [0.2, 0.25) is 0 Å². The topological polar surface area (TPSA) is 58.2 Å². The molecule has 1 unspecified atom stereocenters. The Morgan fingerprint density at radius 2 is 1.96 bits per heavy atom. The normalized spacial score (nSPS) is 11.8. The van der Waals surface area contributed by atoms with Crippen LogP contribution in [0.1, 0.15) is 16.6 Å². The Hall–Kier alpha value is -1.96. The number of rotatable bonds is 5. The van der Waals surface area contributed by atoms with Crippen LogP contribution in [0, 0.1) is 0 Å². The summed E-state index contributed by atoms with van der Waals surface area (Å²) in [4.78, 5) is 25.0.